The van der Waals surface area contributed by atoms with Crippen LogP contribution in [-0.4, -0.2) is 56.3 Å². The summed E-state index contributed by atoms with van der Waals surface area (Å²) in [5.41, 5.74) is 2.65. The monoisotopic (exact) mass is 402 g/mol. The number of ether oxygens (including phenoxy) is 1. The molecule has 1 saturated heterocycles. The highest BCUT2D eigenvalue weighted by molar-refractivity contribution is 5.94. The van der Waals surface area contributed by atoms with Crippen LogP contribution in [0.1, 0.15) is 22.3 Å². The Kier molecular flexibility index (Phi) is 4.47. The highest BCUT2D eigenvalue weighted by atomic mass is 16.5. The van der Waals surface area contributed by atoms with Gasteiger partial charge in [-0.05, 0) is 30.3 Å². The predicted octanol–water partition coefficient (Wildman–Crippen LogP) is 2.77. The van der Waals surface area contributed by atoms with E-state index in [1.165, 1.54) is 0 Å². The molecule has 150 valence electrons. The molecule has 1 fully saturated rings. The van der Waals surface area contributed by atoms with Gasteiger partial charge in [-0.3, -0.25) is 14.9 Å². The van der Waals surface area contributed by atoms with Crippen molar-refractivity contribution in [3.63, 3.8) is 0 Å². The number of methoxy groups -OCH3 is 1. The van der Waals surface area contributed by atoms with E-state index in [0.29, 0.717) is 41.9 Å². The quantitative estimate of drug-likeness (QED) is 0.546. The van der Waals surface area contributed by atoms with Crippen molar-refractivity contribution >= 4 is 5.91 Å². The lowest BCUT2D eigenvalue weighted by molar-refractivity contribution is 0.0563. The number of likely N-dealkylation sites (tertiary alicyclic amines) is 1. The van der Waals surface area contributed by atoms with Crippen LogP contribution in [0.4, 0.5) is 0 Å². The second-order valence-corrected chi connectivity index (χ2v) is 6.98. The van der Waals surface area contributed by atoms with Crippen molar-refractivity contribution in [3.05, 3.63) is 66.3 Å². The van der Waals surface area contributed by atoms with Crippen molar-refractivity contribution in [2.24, 2.45) is 0 Å². The number of aromatic amines is 1. The van der Waals surface area contributed by atoms with Crippen LogP contribution in [0, 0.1) is 0 Å². The van der Waals surface area contributed by atoms with Crippen molar-refractivity contribution in [1.82, 2.24) is 30.2 Å². The van der Waals surface area contributed by atoms with Crippen LogP contribution in [0.5, 0.6) is 5.75 Å². The molecule has 1 aliphatic heterocycles. The molecule has 0 aliphatic carbocycles. The van der Waals surface area contributed by atoms with Crippen molar-refractivity contribution in [2.45, 2.75) is 5.92 Å². The second kappa shape index (κ2) is 7.43. The van der Waals surface area contributed by atoms with Gasteiger partial charge >= 0.3 is 0 Å². The summed E-state index contributed by atoms with van der Waals surface area (Å²) in [5.74, 6) is 1.60. The average molecular weight is 402 g/mol. The molecule has 1 N–H and O–H groups in total. The van der Waals surface area contributed by atoms with Gasteiger partial charge in [0.25, 0.3) is 5.91 Å². The fourth-order valence-corrected chi connectivity index (χ4v) is 3.33. The number of nitrogens with one attached hydrogen (secondary N) is 1. The Morgan fingerprint density at radius 1 is 1.17 bits per heavy atom. The Morgan fingerprint density at radius 3 is 2.87 bits per heavy atom. The van der Waals surface area contributed by atoms with Gasteiger partial charge in [0.1, 0.15) is 17.1 Å². The van der Waals surface area contributed by atoms with Gasteiger partial charge in [0.05, 0.1) is 18.7 Å². The summed E-state index contributed by atoms with van der Waals surface area (Å²) in [6, 6.07) is 14.8. The van der Waals surface area contributed by atoms with Crippen LogP contribution in [0.15, 0.2) is 59.3 Å². The number of aromatic nitrogens is 5. The Hall–Kier alpha value is -4.01. The van der Waals surface area contributed by atoms with Gasteiger partial charge in [0.15, 0.2) is 0 Å². The summed E-state index contributed by atoms with van der Waals surface area (Å²) in [6.07, 6.45) is 1.68. The Morgan fingerprint density at radius 2 is 2.07 bits per heavy atom. The molecule has 30 heavy (non-hydrogen) atoms. The van der Waals surface area contributed by atoms with Gasteiger partial charge < -0.3 is 14.2 Å². The van der Waals surface area contributed by atoms with Crippen molar-refractivity contribution in [3.8, 4) is 28.5 Å². The molecule has 4 heterocycles. The number of hydrogen-bond donors (Lipinski definition) is 1. The molecule has 0 saturated carbocycles. The minimum atomic E-state index is -0.114. The van der Waals surface area contributed by atoms with Crippen LogP contribution in [0.25, 0.3) is 22.8 Å². The van der Waals surface area contributed by atoms with E-state index in [1.54, 1.807) is 24.3 Å². The normalized spacial score (nSPS) is 13.8. The van der Waals surface area contributed by atoms with Crippen molar-refractivity contribution in [1.29, 1.82) is 0 Å². The number of benzene rings is 1. The molecular formula is C21H18N6O3. The smallest absolute Gasteiger partial charge is 0.271 e. The number of nitrogens with zero attached hydrogens (tertiary/aromatic N) is 5. The molecule has 1 aliphatic rings. The van der Waals surface area contributed by atoms with Crippen LogP contribution in [-0.2, 0) is 0 Å². The van der Waals surface area contributed by atoms with E-state index in [9.17, 15) is 4.79 Å². The highest BCUT2D eigenvalue weighted by Gasteiger charge is 2.36. The van der Waals surface area contributed by atoms with E-state index in [-0.39, 0.29) is 11.8 Å². The van der Waals surface area contributed by atoms with Gasteiger partial charge in [-0.25, -0.2) is 0 Å². The van der Waals surface area contributed by atoms with Crippen LogP contribution < -0.4 is 4.74 Å². The van der Waals surface area contributed by atoms with E-state index >= 15 is 0 Å². The second-order valence-electron chi connectivity index (χ2n) is 6.98. The molecule has 0 atom stereocenters. The molecule has 9 heteroatoms. The molecule has 1 aromatic carbocycles. The maximum absolute atomic E-state index is 12.8. The van der Waals surface area contributed by atoms with Gasteiger partial charge in [-0.2, -0.15) is 10.1 Å². The summed E-state index contributed by atoms with van der Waals surface area (Å²) in [6.45, 7) is 1.02. The molecule has 4 aromatic rings. The van der Waals surface area contributed by atoms with E-state index in [0.717, 1.165) is 11.3 Å². The molecule has 9 nitrogen and oxygen atoms in total. The first-order valence-corrected chi connectivity index (χ1v) is 9.45. The zero-order valence-corrected chi connectivity index (χ0v) is 16.1. The lowest BCUT2D eigenvalue weighted by Gasteiger charge is -2.36. The highest BCUT2D eigenvalue weighted by Crippen LogP contribution is 2.29. The third-order valence-corrected chi connectivity index (χ3v) is 5.03. The topological polar surface area (TPSA) is 110 Å². The van der Waals surface area contributed by atoms with Crippen molar-refractivity contribution in [2.75, 3.05) is 20.2 Å². The molecule has 0 radical (unpaired) electrons. The summed E-state index contributed by atoms with van der Waals surface area (Å²) >= 11 is 0. The molecule has 0 bridgehead atoms. The zero-order valence-electron chi connectivity index (χ0n) is 16.1. The molecular weight excluding hydrogens is 384 g/mol. The molecule has 3 aromatic heterocycles. The molecule has 1 amide bonds. The average Bonchev–Trinajstić information content (AvgIpc) is 3.44. The first-order chi connectivity index (χ1) is 14.7. The third-order valence-electron chi connectivity index (χ3n) is 5.03. The Labute approximate surface area is 171 Å². The first-order valence-electron chi connectivity index (χ1n) is 9.45. The summed E-state index contributed by atoms with van der Waals surface area (Å²) in [4.78, 5) is 23.1. The van der Waals surface area contributed by atoms with E-state index in [1.807, 2.05) is 42.5 Å². The van der Waals surface area contributed by atoms with Crippen LogP contribution in [0.2, 0.25) is 0 Å². The number of hydrogen-bond acceptors (Lipinski definition) is 7. The minimum absolute atomic E-state index is 0.0136. The Balaban J connectivity index is 1.24. The summed E-state index contributed by atoms with van der Waals surface area (Å²) in [5, 5.41) is 11.1. The standard InChI is InChI=1S/C21H18N6O3/c1-29-15-6-4-5-13(9-15)17-10-18(25-24-17)21(28)27-11-14(12-27)20-23-19(26-30-20)16-7-2-3-8-22-16/h2-10,14H,11-12H2,1H3,(H,24,25). The largest absolute Gasteiger partial charge is 0.497 e. The fraction of sp³-hybridized carbons (Fsp3) is 0.190. The van der Waals surface area contributed by atoms with Crippen LogP contribution >= 0.6 is 0 Å². The third kappa shape index (κ3) is 3.30. The fourth-order valence-electron chi connectivity index (χ4n) is 3.33. The maximum atomic E-state index is 12.8. The van der Waals surface area contributed by atoms with Crippen molar-refractivity contribution < 1.29 is 14.1 Å². The lowest BCUT2D eigenvalue weighted by atomic mass is 9.99. The maximum Gasteiger partial charge on any atom is 0.271 e. The number of carbonyl (C=O) groups is 1. The lowest BCUT2D eigenvalue weighted by Crippen LogP contribution is -2.48. The van der Waals surface area contributed by atoms with E-state index in [4.69, 9.17) is 9.26 Å². The van der Waals surface area contributed by atoms with Crippen LogP contribution in [0.3, 0.4) is 0 Å². The minimum Gasteiger partial charge on any atom is -0.497 e. The number of pyridine rings is 1. The van der Waals surface area contributed by atoms with E-state index < -0.39 is 0 Å². The number of H-pyrrole nitrogens is 1. The SMILES string of the molecule is COc1cccc(-c2cc(C(=O)N3CC(c4nc(-c5ccccn5)no4)C3)[nH]n2)c1. The van der Waals surface area contributed by atoms with Gasteiger partial charge in [-0.1, -0.05) is 23.4 Å². The molecule has 5 rings (SSSR count). The van der Waals surface area contributed by atoms with Gasteiger partial charge in [0, 0.05) is 24.8 Å². The first kappa shape index (κ1) is 18.0. The van der Waals surface area contributed by atoms with E-state index in [2.05, 4.69) is 25.3 Å². The summed E-state index contributed by atoms with van der Waals surface area (Å²) < 4.78 is 10.6. The molecule has 0 spiro atoms. The molecule has 0 unspecified atom stereocenters. The number of rotatable bonds is 5. The zero-order chi connectivity index (χ0) is 20.5. The number of carbonyl (C=O) groups excluding carboxylic acids is 1. The van der Waals surface area contributed by atoms with Gasteiger partial charge in [-0.15, -0.1) is 0 Å². The van der Waals surface area contributed by atoms with Gasteiger partial charge in [0.2, 0.25) is 11.7 Å². The Bertz CT molecular complexity index is 1180. The summed E-state index contributed by atoms with van der Waals surface area (Å²) in [7, 11) is 1.61. The predicted molar refractivity (Wildman–Crippen MR) is 107 cm³/mol. The number of amides is 1.